The summed E-state index contributed by atoms with van der Waals surface area (Å²) in [6.45, 7) is 0.543. The van der Waals surface area contributed by atoms with Crippen LogP contribution in [0.15, 0.2) is 0 Å². The Morgan fingerprint density at radius 1 is 0.562 bits per heavy atom. The average Bonchev–Trinajstić information content (AvgIpc) is 2.28. The predicted molar refractivity (Wildman–Crippen MR) is 66.3 cm³/mol. The lowest BCUT2D eigenvalue weighted by molar-refractivity contribution is 0.144. The molecule has 3 N–H and O–H groups in total. The fraction of sp³-hybridized carbons (Fsp3) is 1.00. The Morgan fingerprint density at radius 2 is 0.938 bits per heavy atom. The van der Waals surface area contributed by atoms with Crippen molar-refractivity contribution in [3.05, 3.63) is 0 Å². The Bertz CT molecular complexity index is 128. The second-order valence-corrected chi connectivity index (χ2v) is 4.51. The Balaban J connectivity index is 3.06. The third-order valence-corrected chi connectivity index (χ3v) is 2.89. The standard InChI is InChI=1S/C13H28O3/c14-11-7-4-2-1-3-5-9-13(16)10-6-8-12-15/h13-16H,1-12H2. The van der Waals surface area contributed by atoms with Gasteiger partial charge in [-0.15, -0.1) is 0 Å². The highest BCUT2D eigenvalue weighted by Crippen LogP contribution is 2.11. The molecule has 0 aromatic heterocycles. The molecule has 0 spiro atoms. The van der Waals surface area contributed by atoms with E-state index in [4.69, 9.17) is 10.2 Å². The number of hydrogen-bond acceptors (Lipinski definition) is 3. The minimum absolute atomic E-state index is 0.177. The van der Waals surface area contributed by atoms with Gasteiger partial charge in [0, 0.05) is 13.2 Å². The van der Waals surface area contributed by atoms with E-state index >= 15 is 0 Å². The molecule has 0 saturated carbocycles. The van der Waals surface area contributed by atoms with Crippen LogP contribution < -0.4 is 0 Å². The number of aliphatic hydroxyl groups excluding tert-OH is 3. The van der Waals surface area contributed by atoms with Gasteiger partial charge in [0.25, 0.3) is 0 Å². The van der Waals surface area contributed by atoms with Gasteiger partial charge in [0.15, 0.2) is 0 Å². The Labute approximate surface area is 99.5 Å². The van der Waals surface area contributed by atoms with Gasteiger partial charge in [-0.1, -0.05) is 32.1 Å². The highest BCUT2D eigenvalue weighted by atomic mass is 16.3. The Morgan fingerprint density at radius 3 is 1.50 bits per heavy atom. The van der Waals surface area contributed by atoms with Gasteiger partial charge in [0.1, 0.15) is 0 Å². The van der Waals surface area contributed by atoms with Gasteiger partial charge in [0.05, 0.1) is 6.10 Å². The molecule has 0 aliphatic carbocycles. The summed E-state index contributed by atoms with van der Waals surface area (Å²) in [5, 5.41) is 26.8. The van der Waals surface area contributed by atoms with E-state index in [1.165, 1.54) is 19.3 Å². The monoisotopic (exact) mass is 232 g/mol. The smallest absolute Gasteiger partial charge is 0.0540 e. The molecular formula is C13H28O3. The second-order valence-electron chi connectivity index (χ2n) is 4.51. The lowest BCUT2D eigenvalue weighted by Crippen LogP contribution is -2.06. The van der Waals surface area contributed by atoms with E-state index in [1.807, 2.05) is 0 Å². The zero-order chi connectivity index (χ0) is 12.1. The molecule has 0 aliphatic heterocycles. The molecule has 3 nitrogen and oxygen atoms in total. The normalized spacial score (nSPS) is 12.9. The lowest BCUT2D eigenvalue weighted by Gasteiger charge is -2.09. The van der Waals surface area contributed by atoms with Crippen molar-refractivity contribution in [1.29, 1.82) is 0 Å². The second kappa shape index (κ2) is 12.9. The molecule has 0 amide bonds. The summed E-state index contributed by atoms with van der Waals surface area (Å²) in [5.74, 6) is 0. The molecule has 0 rings (SSSR count). The van der Waals surface area contributed by atoms with Crippen LogP contribution in [-0.4, -0.2) is 34.6 Å². The van der Waals surface area contributed by atoms with Gasteiger partial charge in [-0.05, 0) is 32.1 Å². The van der Waals surface area contributed by atoms with Crippen molar-refractivity contribution in [2.24, 2.45) is 0 Å². The average molecular weight is 232 g/mol. The summed E-state index contributed by atoms with van der Waals surface area (Å²) in [6, 6.07) is 0. The van der Waals surface area contributed by atoms with Crippen LogP contribution in [-0.2, 0) is 0 Å². The molecule has 1 unspecified atom stereocenters. The third-order valence-electron chi connectivity index (χ3n) is 2.89. The number of rotatable bonds is 12. The van der Waals surface area contributed by atoms with Gasteiger partial charge >= 0.3 is 0 Å². The van der Waals surface area contributed by atoms with Crippen LogP contribution in [0, 0.1) is 0 Å². The van der Waals surface area contributed by atoms with E-state index in [0.29, 0.717) is 6.61 Å². The molecule has 0 aliphatic rings. The highest BCUT2D eigenvalue weighted by Gasteiger charge is 2.03. The van der Waals surface area contributed by atoms with Crippen LogP contribution in [0.5, 0.6) is 0 Å². The topological polar surface area (TPSA) is 60.7 Å². The highest BCUT2D eigenvalue weighted by molar-refractivity contribution is 4.56. The van der Waals surface area contributed by atoms with E-state index in [-0.39, 0.29) is 12.7 Å². The molecule has 0 heterocycles. The van der Waals surface area contributed by atoms with Crippen molar-refractivity contribution in [1.82, 2.24) is 0 Å². The molecule has 1 atom stereocenters. The maximum Gasteiger partial charge on any atom is 0.0540 e. The summed E-state index contributed by atoms with van der Waals surface area (Å²) in [5.41, 5.74) is 0. The van der Waals surface area contributed by atoms with E-state index in [9.17, 15) is 5.11 Å². The largest absolute Gasteiger partial charge is 0.396 e. The summed E-state index contributed by atoms with van der Waals surface area (Å²) in [4.78, 5) is 0. The van der Waals surface area contributed by atoms with Crippen LogP contribution in [0.25, 0.3) is 0 Å². The van der Waals surface area contributed by atoms with Gasteiger partial charge < -0.3 is 15.3 Å². The number of aliphatic hydroxyl groups is 3. The number of unbranched alkanes of at least 4 members (excludes halogenated alkanes) is 6. The Hall–Kier alpha value is -0.120. The minimum atomic E-state index is -0.177. The van der Waals surface area contributed by atoms with E-state index < -0.39 is 0 Å². The molecule has 98 valence electrons. The molecule has 16 heavy (non-hydrogen) atoms. The van der Waals surface area contributed by atoms with Crippen molar-refractivity contribution < 1.29 is 15.3 Å². The van der Waals surface area contributed by atoms with E-state index in [1.54, 1.807) is 0 Å². The third kappa shape index (κ3) is 12.0. The summed E-state index contributed by atoms with van der Waals surface area (Å²) < 4.78 is 0. The quantitative estimate of drug-likeness (QED) is 0.452. The fourth-order valence-corrected chi connectivity index (χ4v) is 1.83. The van der Waals surface area contributed by atoms with Crippen LogP contribution >= 0.6 is 0 Å². The van der Waals surface area contributed by atoms with E-state index in [0.717, 1.165) is 44.9 Å². The molecule has 0 aromatic rings. The van der Waals surface area contributed by atoms with Gasteiger partial charge in [-0.3, -0.25) is 0 Å². The van der Waals surface area contributed by atoms with Crippen LogP contribution in [0.4, 0.5) is 0 Å². The lowest BCUT2D eigenvalue weighted by atomic mass is 10.0. The maximum atomic E-state index is 9.60. The first-order chi connectivity index (χ1) is 7.81. The van der Waals surface area contributed by atoms with Crippen LogP contribution in [0.3, 0.4) is 0 Å². The fourth-order valence-electron chi connectivity index (χ4n) is 1.83. The van der Waals surface area contributed by atoms with Crippen molar-refractivity contribution in [2.45, 2.75) is 70.3 Å². The van der Waals surface area contributed by atoms with Gasteiger partial charge in [-0.25, -0.2) is 0 Å². The summed E-state index contributed by atoms with van der Waals surface area (Å²) >= 11 is 0. The van der Waals surface area contributed by atoms with Crippen LogP contribution in [0.1, 0.15) is 64.2 Å². The zero-order valence-corrected chi connectivity index (χ0v) is 10.4. The maximum absolute atomic E-state index is 9.60. The molecule has 3 heteroatoms. The molecule has 0 aromatic carbocycles. The van der Waals surface area contributed by atoms with Gasteiger partial charge in [0.2, 0.25) is 0 Å². The number of hydrogen-bond donors (Lipinski definition) is 3. The first kappa shape index (κ1) is 15.9. The first-order valence-corrected chi connectivity index (χ1v) is 6.71. The Kier molecular flexibility index (Phi) is 12.9. The molecule has 0 saturated heterocycles. The molecular weight excluding hydrogens is 204 g/mol. The molecule has 0 radical (unpaired) electrons. The van der Waals surface area contributed by atoms with Crippen LogP contribution in [0.2, 0.25) is 0 Å². The molecule has 0 fully saturated rings. The van der Waals surface area contributed by atoms with Crippen molar-refractivity contribution >= 4 is 0 Å². The van der Waals surface area contributed by atoms with Gasteiger partial charge in [-0.2, -0.15) is 0 Å². The summed E-state index contributed by atoms with van der Waals surface area (Å²) in [7, 11) is 0. The SMILES string of the molecule is OCCCCCCCCC(O)CCCCO. The predicted octanol–water partition coefficient (Wildman–Crippen LogP) is 2.23. The van der Waals surface area contributed by atoms with Crippen molar-refractivity contribution in [3.8, 4) is 0 Å². The van der Waals surface area contributed by atoms with Crippen molar-refractivity contribution in [2.75, 3.05) is 13.2 Å². The first-order valence-electron chi connectivity index (χ1n) is 6.71. The summed E-state index contributed by atoms with van der Waals surface area (Å²) in [6.07, 6.45) is 10.00. The minimum Gasteiger partial charge on any atom is -0.396 e. The zero-order valence-electron chi connectivity index (χ0n) is 10.4. The van der Waals surface area contributed by atoms with Crippen molar-refractivity contribution in [3.63, 3.8) is 0 Å². The molecule has 0 bridgehead atoms. The van der Waals surface area contributed by atoms with E-state index in [2.05, 4.69) is 0 Å².